The molecule has 4 rings (SSSR count). The van der Waals surface area contributed by atoms with Gasteiger partial charge in [-0.25, -0.2) is 4.98 Å². The topological polar surface area (TPSA) is 74.5 Å². The van der Waals surface area contributed by atoms with Gasteiger partial charge in [0.2, 0.25) is 0 Å². The van der Waals surface area contributed by atoms with E-state index in [1.54, 1.807) is 0 Å². The van der Waals surface area contributed by atoms with Crippen molar-refractivity contribution in [2.75, 3.05) is 6.26 Å². The van der Waals surface area contributed by atoms with E-state index in [9.17, 15) is 10.1 Å². The van der Waals surface area contributed by atoms with Gasteiger partial charge in [-0.2, -0.15) is 5.26 Å². The molecule has 0 radical (unpaired) electrons. The average Bonchev–Trinajstić information content (AvgIpc) is 3.10. The van der Waals surface area contributed by atoms with Gasteiger partial charge in [-0.05, 0) is 29.3 Å². The molecule has 6 heteroatoms. The van der Waals surface area contributed by atoms with E-state index < -0.39 is 5.56 Å². The van der Waals surface area contributed by atoms with E-state index in [0.29, 0.717) is 10.9 Å². The number of fused-ring (bicyclic) bond motifs is 1. The Morgan fingerprint density at radius 1 is 1.19 bits per heavy atom. The number of nitrogens with one attached hydrogen (secondary N) is 1. The van der Waals surface area contributed by atoms with Crippen LogP contribution in [0, 0.1) is 11.3 Å². The number of H-pyrrole nitrogens is 1. The lowest BCUT2D eigenvalue weighted by Gasteiger charge is -2.09. The van der Waals surface area contributed by atoms with Gasteiger partial charge in [-0.3, -0.25) is 4.79 Å². The van der Waals surface area contributed by atoms with Gasteiger partial charge < -0.3 is 9.55 Å². The second kappa shape index (κ2) is 7.14. The summed E-state index contributed by atoms with van der Waals surface area (Å²) >= 11 is 1.34. The lowest BCUT2D eigenvalue weighted by Crippen LogP contribution is -2.14. The van der Waals surface area contributed by atoms with Gasteiger partial charge in [0.25, 0.3) is 5.56 Å². The summed E-state index contributed by atoms with van der Waals surface area (Å²) in [6, 6.07) is 20.2. The second-order valence-corrected chi connectivity index (χ2v) is 6.91. The molecule has 0 amide bonds. The number of hydrogen-bond donors (Lipinski definition) is 1. The summed E-state index contributed by atoms with van der Waals surface area (Å²) in [4.78, 5) is 19.3. The van der Waals surface area contributed by atoms with Crippen LogP contribution >= 0.6 is 11.8 Å². The molecule has 0 bridgehead atoms. The van der Waals surface area contributed by atoms with Crippen LogP contribution in [0.5, 0.6) is 0 Å². The number of hydrogen-bond acceptors (Lipinski definition) is 4. The SMILES string of the molecule is CSc1nc(-c2ccc3ccn(Cc4ccccc4)c3c2)c(C#N)c(=O)[nH]1. The van der Waals surface area contributed by atoms with Gasteiger partial charge in [0.05, 0.1) is 5.69 Å². The molecule has 0 saturated carbocycles. The molecule has 1 N–H and O–H groups in total. The van der Waals surface area contributed by atoms with Crippen molar-refractivity contribution >= 4 is 22.7 Å². The zero-order chi connectivity index (χ0) is 18.8. The first-order valence-corrected chi connectivity index (χ1v) is 9.63. The third kappa shape index (κ3) is 3.25. The Hall–Kier alpha value is -3.30. The van der Waals surface area contributed by atoms with Crippen LogP contribution in [0.4, 0.5) is 0 Å². The van der Waals surface area contributed by atoms with Gasteiger partial charge >= 0.3 is 0 Å². The zero-order valence-corrected chi connectivity index (χ0v) is 15.5. The fourth-order valence-electron chi connectivity index (χ4n) is 3.11. The lowest BCUT2D eigenvalue weighted by atomic mass is 10.1. The van der Waals surface area contributed by atoms with Crippen LogP contribution < -0.4 is 5.56 Å². The van der Waals surface area contributed by atoms with Crippen molar-refractivity contribution in [2.24, 2.45) is 0 Å². The maximum absolute atomic E-state index is 12.2. The van der Waals surface area contributed by atoms with E-state index in [4.69, 9.17) is 0 Å². The molecule has 2 aromatic heterocycles. The number of nitriles is 1. The van der Waals surface area contributed by atoms with Gasteiger partial charge in [-0.1, -0.05) is 54.2 Å². The summed E-state index contributed by atoms with van der Waals surface area (Å²) < 4.78 is 2.16. The smallest absolute Gasteiger partial charge is 0.270 e. The van der Waals surface area contributed by atoms with Crippen LogP contribution in [-0.2, 0) is 6.54 Å². The van der Waals surface area contributed by atoms with Crippen LogP contribution in [0.25, 0.3) is 22.2 Å². The molecular formula is C21H16N4OS. The highest BCUT2D eigenvalue weighted by molar-refractivity contribution is 7.98. The molecule has 0 aliphatic heterocycles. The molecule has 4 aromatic rings. The van der Waals surface area contributed by atoms with E-state index >= 15 is 0 Å². The molecule has 132 valence electrons. The Morgan fingerprint density at radius 2 is 2.00 bits per heavy atom. The predicted molar refractivity (Wildman–Crippen MR) is 108 cm³/mol. The summed E-state index contributed by atoms with van der Waals surface area (Å²) in [6.45, 7) is 0.748. The molecule has 0 saturated heterocycles. The van der Waals surface area contributed by atoms with Crippen molar-refractivity contribution in [2.45, 2.75) is 11.7 Å². The number of aromatic amines is 1. The first kappa shape index (κ1) is 17.1. The van der Waals surface area contributed by atoms with Crippen LogP contribution in [0.1, 0.15) is 11.1 Å². The van der Waals surface area contributed by atoms with Crippen LogP contribution in [-0.4, -0.2) is 20.8 Å². The molecular weight excluding hydrogens is 356 g/mol. The molecule has 0 spiro atoms. The summed E-state index contributed by atoms with van der Waals surface area (Å²) in [5.74, 6) is 0. The molecule has 5 nitrogen and oxygen atoms in total. The second-order valence-electron chi connectivity index (χ2n) is 6.11. The highest BCUT2D eigenvalue weighted by Crippen LogP contribution is 2.26. The normalized spacial score (nSPS) is 10.8. The maximum atomic E-state index is 12.2. The number of thioether (sulfide) groups is 1. The van der Waals surface area contributed by atoms with Gasteiger partial charge in [0, 0.05) is 23.8 Å². The number of benzene rings is 2. The van der Waals surface area contributed by atoms with Gasteiger partial charge in [-0.15, -0.1) is 0 Å². The van der Waals surface area contributed by atoms with Gasteiger partial charge in [0.1, 0.15) is 11.6 Å². The standard InChI is InChI=1S/C21H16N4OS/c1-27-21-23-19(17(12-22)20(26)24-21)16-8-7-15-9-10-25(18(15)11-16)13-14-5-3-2-4-6-14/h2-11H,13H2,1H3,(H,23,24,26). The Balaban J connectivity index is 1.85. The lowest BCUT2D eigenvalue weighted by molar-refractivity contribution is 0.837. The number of rotatable bonds is 4. The molecule has 0 aliphatic rings. The van der Waals surface area contributed by atoms with E-state index in [2.05, 4.69) is 32.7 Å². The van der Waals surface area contributed by atoms with Crippen molar-refractivity contribution in [3.05, 3.63) is 82.3 Å². The Bertz CT molecular complexity index is 1220. The van der Waals surface area contributed by atoms with Crippen molar-refractivity contribution in [3.8, 4) is 17.3 Å². The largest absolute Gasteiger partial charge is 0.343 e. The van der Waals surface area contributed by atoms with E-state index in [0.717, 1.165) is 23.0 Å². The highest BCUT2D eigenvalue weighted by atomic mass is 32.2. The monoisotopic (exact) mass is 372 g/mol. The Kier molecular flexibility index (Phi) is 4.53. The summed E-state index contributed by atoms with van der Waals surface area (Å²) in [6.07, 6.45) is 3.88. The fourth-order valence-corrected chi connectivity index (χ4v) is 3.49. The molecule has 27 heavy (non-hydrogen) atoms. The molecule has 0 aliphatic carbocycles. The first-order chi connectivity index (χ1) is 13.2. The van der Waals surface area contributed by atoms with Crippen LogP contribution in [0.3, 0.4) is 0 Å². The van der Waals surface area contributed by atoms with E-state index in [1.165, 1.54) is 17.3 Å². The fraction of sp³-hybridized carbons (Fsp3) is 0.0952. The minimum absolute atomic E-state index is 0.0355. The first-order valence-electron chi connectivity index (χ1n) is 8.41. The van der Waals surface area contributed by atoms with E-state index in [1.807, 2.05) is 54.9 Å². The molecule has 0 unspecified atom stereocenters. The Morgan fingerprint density at radius 3 is 2.74 bits per heavy atom. The summed E-state index contributed by atoms with van der Waals surface area (Å²) in [5, 5.41) is 11.0. The minimum atomic E-state index is -0.411. The zero-order valence-electron chi connectivity index (χ0n) is 14.6. The third-order valence-corrected chi connectivity index (χ3v) is 5.03. The predicted octanol–water partition coefficient (Wildman–Crippen LogP) is 4.03. The van der Waals surface area contributed by atoms with Crippen molar-refractivity contribution in [3.63, 3.8) is 0 Å². The van der Waals surface area contributed by atoms with Crippen molar-refractivity contribution < 1.29 is 0 Å². The third-order valence-electron chi connectivity index (χ3n) is 4.45. The number of aromatic nitrogens is 3. The van der Waals surface area contributed by atoms with Crippen LogP contribution in [0.2, 0.25) is 0 Å². The molecule has 2 heterocycles. The highest BCUT2D eigenvalue weighted by Gasteiger charge is 2.14. The van der Waals surface area contributed by atoms with Crippen LogP contribution in [0.15, 0.2) is 70.7 Å². The molecule has 0 atom stereocenters. The maximum Gasteiger partial charge on any atom is 0.270 e. The van der Waals surface area contributed by atoms with Crippen molar-refractivity contribution in [1.29, 1.82) is 5.26 Å². The van der Waals surface area contributed by atoms with Crippen molar-refractivity contribution in [1.82, 2.24) is 14.5 Å². The Labute approximate surface area is 160 Å². The summed E-state index contributed by atoms with van der Waals surface area (Å²) in [7, 11) is 0. The average molecular weight is 372 g/mol. The molecule has 0 fully saturated rings. The summed E-state index contributed by atoms with van der Waals surface area (Å²) in [5.41, 5.74) is 3.04. The minimum Gasteiger partial charge on any atom is -0.343 e. The van der Waals surface area contributed by atoms with E-state index in [-0.39, 0.29) is 5.56 Å². The van der Waals surface area contributed by atoms with Gasteiger partial charge in [0.15, 0.2) is 5.16 Å². The number of nitrogens with zero attached hydrogens (tertiary/aromatic N) is 3. The molecule has 2 aromatic carbocycles. The quantitative estimate of drug-likeness (QED) is 0.433.